The minimum atomic E-state index is -0.203. The van der Waals surface area contributed by atoms with Gasteiger partial charge >= 0.3 is 5.97 Å². The smallest absolute Gasteiger partial charge is 0.306 e. The van der Waals surface area contributed by atoms with Gasteiger partial charge in [0.25, 0.3) is 0 Å². The molecular formula is C12H17NO3. The molecule has 0 bridgehead atoms. The molecule has 4 nitrogen and oxygen atoms in total. The number of hydrogen-bond donors (Lipinski definition) is 1. The van der Waals surface area contributed by atoms with E-state index in [0.29, 0.717) is 12.2 Å². The second-order valence-electron chi connectivity index (χ2n) is 3.58. The predicted molar refractivity (Wildman–Crippen MR) is 60.9 cm³/mol. The Kier molecular flexibility index (Phi) is 4.79. The van der Waals surface area contributed by atoms with Crippen LogP contribution in [0.3, 0.4) is 0 Å². The van der Waals surface area contributed by atoms with E-state index in [4.69, 9.17) is 5.90 Å². The molecule has 1 aromatic rings. The van der Waals surface area contributed by atoms with Crippen molar-refractivity contribution in [2.24, 2.45) is 5.90 Å². The summed E-state index contributed by atoms with van der Waals surface area (Å²) in [5.41, 5.74) is 1.04. The van der Waals surface area contributed by atoms with Gasteiger partial charge in [0.15, 0.2) is 0 Å². The Morgan fingerprint density at radius 1 is 1.50 bits per heavy atom. The molecule has 0 spiro atoms. The minimum Gasteiger partial charge on any atom is -0.469 e. The number of ether oxygens (including phenoxy) is 1. The number of rotatable bonds is 5. The van der Waals surface area contributed by atoms with Crippen LogP contribution >= 0.6 is 0 Å². The maximum Gasteiger partial charge on any atom is 0.306 e. The van der Waals surface area contributed by atoms with Gasteiger partial charge in [-0.1, -0.05) is 19.1 Å². The fourth-order valence-corrected chi connectivity index (χ4v) is 1.62. The van der Waals surface area contributed by atoms with Crippen LogP contribution in [0.1, 0.15) is 31.2 Å². The van der Waals surface area contributed by atoms with E-state index in [9.17, 15) is 4.79 Å². The Morgan fingerprint density at radius 2 is 2.25 bits per heavy atom. The van der Waals surface area contributed by atoms with E-state index < -0.39 is 0 Å². The van der Waals surface area contributed by atoms with E-state index in [0.717, 1.165) is 12.0 Å². The maximum atomic E-state index is 11.2. The molecule has 2 N–H and O–H groups in total. The van der Waals surface area contributed by atoms with Crippen LogP contribution in [0.15, 0.2) is 24.3 Å². The first-order valence-corrected chi connectivity index (χ1v) is 5.24. The molecule has 0 aliphatic carbocycles. The third kappa shape index (κ3) is 3.24. The van der Waals surface area contributed by atoms with Gasteiger partial charge in [-0.15, -0.1) is 0 Å². The Balaban J connectivity index is 2.81. The lowest BCUT2D eigenvalue weighted by atomic mass is 9.93. The maximum absolute atomic E-state index is 11.2. The first-order valence-electron chi connectivity index (χ1n) is 5.24. The van der Waals surface area contributed by atoms with Gasteiger partial charge in [-0.3, -0.25) is 4.79 Å². The van der Waals surface area contributed by atoms with Crippen LogP contribution in [0.4, 0.5) is 0 Å². The molecule has 0 radical (unpaired) electrons. The van der Waals surface area contributed by atoms with Gasteiger partial charge in [-0.25, -0.2) is 0 Å². The standard InChI is InChI=1S/C12H17NO3/c1-3-9(8-12(14)15-2)10-5-4-6-11(7-10)16-13/h4-7,9H,3,8,13H2,1-2H3/t9-/m0/s1. The molecule has 4 heteroatoms. The zero-order valence-corrected chi connectivity index (χ0v) is 9.60. The van der Waals surface area contributed by atoms with E-state index in [1.807, 2.05) is 25.1 Å². The summed E-state index contributed by atoms with van der Waals surface area (Å²) in [6.07, 6.45) is 1.24. The van der Waals surface area contributed by atoms with Crippen LogP contribution in [0, 0.1) is 0 Å². The fourth-order valence-electron chi connectivity index (χ4n) is 1.62. The summed E-state index contributed by atoms with van der Waals surface area (Å²) in [4.78, 5) is 15.9. The van der Waals surface area contributed by atoms with Crippen LogP contribution in [0.2, 0.25) is 0 Å². The predicted octanol–water partition coefficient (Wildman–Crippen LogP) is 2.00. The second kappa shape index (κ2) is 6.12. The van der Waals surface area contributed by atoms with Crippen molar-refractivity contribution in [1.82, 2.24) is 0 Å². The Labute approximate surface area is 95.3 Å². The van der Waals surface area contributed by atoms with Crippen molar-refractivity contribution in [3.05, 3.63) is 29.8 Å². The zero-order chi connectivity index (χ0) is 12.0. The highest BCUT2D eigenvalue weighted by atomic mass is 16.6. The van der Waals surface area contributed by atoms with Crippen molar-refractivity contribution in [3.63, 3.8) is 0 Å². The van der Waals surface area contributed by atoms with Gasteiger partial charge < -0.3 is 9.57 Å². The lowest BCUT2D eigenvalue weighted by Crippen LogP contribution is -2.09. The summed E-state index contributed by atoms with van der Waals surface area (Å²) in [7, 11) is 1.40. The van der Waals surface area contributed by atoms with Crippen LogP contribution in [0.25, 0.3) is 0 Å². The number of esters is 1. The van der Waals surface area contributed by atoms with Gasteiger partial charge in [0.05, 0.1) is 13.5 Å². The van der Waals surface area contributed by atoms with Gasteiger partial charge in [0.1, 0.15) is 5.75 Å². The van der Waals surface area contributed by atoms with Crippen molar-refractivity contribution in [1.29, 1.82) is 0 Å². The highest BCUT2D eigenvalue weighted by Crippen LogP contribution is 2.26. The van der Waals surface area contributed by atoms with Gasteiger partial charge in [-0.05, 0) is 30.0 Å². The van der Waals surface area contributed by atoms with E-state index in [1.165, 1.54) is 7.11 Å². The van der Waals surface area contributed by atoms with Gasteiger partial charge in [0.2, 0.25) is 0 Å². The molecule has 1 atom stereocenters. The van der Waals surface area contributed by atoms with Gasteiger partial charge in [0, 0.05) is 0 Å². The number of nitrogens with two attached hydrogens (primary N) is 1. The minimum absolute atomic E-state index is 0.141. The molecule has 0 fully saturated rings. The number of methoxy groups -OCH3 is 1. The first kappa shape index (κ1) is 12.5. The first-order chi connectivity index (χ1) is 7.71. The number of hydrogen-bond acceptors (Lipinski definition) is 4. The molecule has 0 aliphatic rings. The number of benzene rings is 1. The summed E-state index contributed by atoms with van der Waals surface area (Å²) < 4.78 is 4.67. The average molecular weight is 223 g/mol. The summed E-state index contributed by atoms with van der Waals surface area (Å²) in [6.45, 7) is 2.03. The van der Waals surface area contributed by atoms with Crippen LogP contribution in [-0.2, 0) is 9.53 Å². The van der Waals surface area contributed by atoms with Crippen molar-refractivity contribution in [3.8, 4) is 5.75 Å². The van der Waals surface area contributed by atoms with E-state index in [-0.39, 0.29) is 11.9 Å². The summed E-state index contributed by atoms with van der Waals surface area (Å²) in [5.74, 6) is 5.63. The van der Waals surface area contributed by atoms with Crippen LogP contribution < -0.4 is 10.7 Å². The quantitative estimate of drug-likeness (QED) is 0.612. The second-order valence-corrected chi connectivity index (χ2v) is 3.58. The summed E-state index contributed by atoms with van der Waals surface area (Å²) in [6, 6.07) is 7.43. The molecule has 1 rings (SSSR count). The van der Waals surface area contributed by atoms with E-state index >= 15 is 0 Å². The third-order valence-electron chi connectivity index (χ3n) is 2.60. The molecule has 88 valence electrons. The molecule has 0 aliphatic heterocycles. The van der Waals surface area contributed by atoms with E-state index in [1.54, 1.807) is 6.07 Å². The Bertz CT molecular complexity index is 352. The molecule has 0 unspecified atom stereocenters. The van der Waals surface area contributed by atoms with Crippen LogP contribution in [-0.4, -0.2) is 13.1 Å². The molecule has 0 saturated carbocycles. The average Bonchev–Trinajstić information content (AvgIpc) is 2.35. The Hall–Kier alpha value is -1.55. The highest BCUT2D eigenvalue weighted by molar-refractivity contribution is 5.70. The highest BCUT2D eigenvalue weighted by Gasteiger charge is 2.15. The number of carbonyl (C=O) groups excluding carboxylic acids is 1. The molecule has 1 aromatic carbocycles. The fraction of sp³-hybridized carbons (Fsp3) is 0.417. The van der Waals surface area contributed by atoms with Crippen molar-refractivity contribution >= 4 is 5.97 Å². The molecular weight excluding hydrogens is 206 g/mol. The lowest BCUT2D eigenvalue weighted by Gasteiger charge is -2.14. The number of carbonyl (C=O) groups is 1. The molecule has 0 amide bonds. The zero-order valence-electron chi connectivity index (χ0n) is 9.60. The Morgan fingerprint density at radius 3 is 2.81 bits per heavy atom. The molecule has 16 heavy (non-hydrogen) atoms. The van der Waals surface area contributed by atoms with Crippen molar-refractivity contribution in [2.45, 2.75) is 25.7 Å². The lowest BCUT2D eigenvalue weighted by molar-refractivity contribution is -0.141. The monoisotopic (exact) mass is 223 g/mol. The summed E-state index contributed by atoms with van der Waals surface area (Å²) >= 11 is 0. The summed E-state index contributed by atoms with van der Waals surface area (Å²) in [5, 5.41) is 0. The topological polar surface area (TPSA) is 61.5 Å². The van der Waals surface area contributed by atoms with Crippen molar-refractivity contribution < 1.29 is 14.4 Å². The third-order valence-corrected chi connectivity index (χ3v) is 2.60. The largest absolute Gasteiger partial charge is 0.469 e. The normalized spacial score (nSPS) is 11.9. The molecule has 0 saturated heterocycles. The van der Waals surface area contributed by atoms with Gasteiger partial charge in [-0.2, -0.15) is 5.90 Å². The van der Waals surface area contributed by atoms with Crippen LogP contribution in [0.5, 0.6) is 5.75 Å². The van der Waals surface area contributed by atoms with Crippen molar-refractivity contribution in [2.75, 3.05) is 7.11 Å². The SMILES string of the molecule is CC[C@@H](CC(=O)OC)c1cccc(ON)c1. The van der Waals surface area contributed by atoms with E-state index in [2.05, 4.69) is 9.57 Å². The molecule has 0 aromatic heterocycles. The molecule has 0 heterocycles.